The van der Waals surface area contributed by atoms with Crippen molar-refractivity contribution in [3.63, 3.8) is 0 Å². The van der Waals surface area contributed by atoms with E-state index in [0.717, 1.165) is 124 Å². The molecule has 0 spiro atoms. The predicted molar refractivity (Wildman–Crippen MR) is 412 cm³/mol. The van der Waals surface area contributed by atoms with Crippen LogP contribution in [0.5, 0.6) is 11.6 Å². The summed E-state index contributed by atoms with van der Waals surface area (Å²) in [5, 5.41) is 4.74. The zero-order valence-electron chi connectivity index (χ0n) is 54.0. The molecule has 12 aromatic carbocycles. The topological polar surface area (TPSA) is 48.5 Å². The van der Waals surface area contributed by atoms with Gasteiger partial charge in [0.25, 0.3) is 0 Å². The first kappa shape index (κ1) is 54.9. The molecule has 0 saturated heterocycles. The number of para-hydroxylation sites is 3. The van der Waals surface area contributed by atoms with E-state index in [9.17, 15) is 0 Å². The summed E-state index contributed by atoms with van der Waals surface area (Å²) in [6, 6.07) is 120. The quantitative estimate of drug-likeness (QED) is 0.135. The number of fused-ring (bicyclic) bond motifs is 14. The number of benzene rings is 12. The third-order valence-electron chi connectivity index (χ3n) is 21.3. The van der Waals surface area contributed by atoms with Crippen molar-refractivity contribution in [2.45, 2.75) is 0 Å². The molecule has 12 heteroatoms. The smallest absolute Gasteiger partial charge is 0.429 e. The second kappa shape index (κ2) is 21.1. The lowest BCUT2D eigenvalue weighted by Gasteiger charge is -2.43. The van der Waals surface area contributed by atoms with Crippen LogP contribution in [0.2, 0.25) is 0 Å². The summed E-state index contributed by atoms with van der Waals surface area (Å²) >= 11 is 0. The maximum Gasteiger partial charge on any atom is 0.429 e. The Kier molecular flexibility index (Phi) is 11.6. The van der Waals surface area contributed by atoms with Gasteiger partial charge in [0.1, 0.15) is 23.2 Å². The highest BCUT2D eigenvalue weighted by molar-refractivity contribution is 6.76. The first-order chi connectivity index (χ1) is 49.6. The van der Waals surface area contributed by atoms with Gasteiger partial charge in [0.15, 0.2) is 5.88 Å². The number of ether oxygens (including phenoxy) is 1. The Hall–Kier alpha value is -13.3. The summed E-state index contributed by atoms with van der Waals surface area (Å²) < 4.78 is 21.9. The Labute approximate surface area is 577 Å². The molecule has 0 saturated carbocycles. The van der Waals surface area contributed by atoms with E-state index in [1.54, 1.807) is 0 Å². The van der Waals surface area contributed by atoms with Gasteiger partial charge < -0.3 is 31.8 Å². The maximum absolute atomic E-state index is 7.22. The van der Waals surface area contributed by atoms with Crippen LogP contribution in [0.1, 0.15) is 0 Å². The molecule has 0 amide bonds. The van der Waals surface area contributed by atoms with E-state index in [2.05, 4.69) is 388 Å². The predicted octanol–water partition coefficient (Wildman–Crippen LogP) is 20.8. The summed E-state index contributed by atoms with van der Waals surface area (Å²) in [7, 11) is 0. The third kappa shape index (κ3) is 7.86. The van der Waals surface area contributed by atoms with Crippen molar-refractivity contribution in [2.24, 2.45) is 0 Å². The fourth-order valence-electron chi connectivity index (χ4n) is 17.1. The summed E-state index contributed by atoms with van der Waals surface area (Å²) in [6.45, 7) is -0.489. The highest BCUT2D eigenvalue weighted by Gasteiger charge is 2.47. The lowest BCUT2D eigenvalue weighted by atomic mass is 9.62. The van der Waals surface area contributed by atoms with Crippen LogP contribution in [0.4, 0.5) is 51.6 Å². The number of hydrogen-bond acceptors (Lipinski definition) is 4. The Morgan fingerprint density at radius 2 is 0.690 bits per heavy atom. The number of hydrogen-bond donors (Lipinski definition) is 0. The normalized spacial score (nSPS) is 13.2. The Morgan fingerprint density at radius 1 is 0.270 bits per heavy atom. The highest BCUT2D eigenvalue weighted by Crippen LogP contribution is 2.52. The van der Waals surface area contributed by atoms with Gasteiger partial charge in [-0.25, -0.2) is 0 Å². The fraction of sp³-hybridized carbons (Fsp3) is 0. The van der Waals surface area contributed by atoms with Gasteiger partial charge in [-0.3, -0.25) is 14.7 Å². The van der Waals surface area contributed by atoms with Gasteiger partial charge in [-0.2, -0.15) is 0 Å². The van der Waals surface area contributed by atoms with Crippen LogP contribution in [0, 0.1) is 0 Å². The lowest BCUT2D eigenvalue weighted by molar-refractivity contribution is 0.453. The van der Waals surface area contributed by atoms with Crippen LogP contribution in [0.3, 0.4) is 0 Å². The van der Waals surface area contributed by atoms with Crippen molar-refractivity contribution in [1.29, 1.82) is 0 Å². The Morgan fingerprint density at radius 3 is 1.23 bits per heavy atom. The van der Waals surface area contributed by atoms with E-state index < -0.39 is 0 Å². The molecule has 0 radical (unpaired) electrons. The molecule has 10 heterocycles. The molecule has 6 aromatic heterocycles. The largest absolute Gasteiger partial charge is 0.442 e. The van der Waals surface area contributed by atoms with Gasteiger partial charge in [-0.15, -0.1) is 0 Å². The average Bonchev–Trinajstić information content (AvgIpc) is 1.32. The van der Waals surface area contributed by atoms with E-state index in [4.69, 9.17) is 4.74 Å². The van der Waals surface area contributed by atoms with Crippen LogP contribution in [-0.4, -0.2) is 41.0 Å². The second-order valence-electron chi connectivity index (χ2n) is 26.5. The molecule has 0 bridgehead atoms. The van der Waals surface area contributed by atoms with E-state index >= 15 is 0 Å². The van der Waals surface area contributed by atoms with Gasteiger partial charge in [-0.05, 0) is 179 Å². The van der Waals surface area contributed by atoms with Gasteiger partial charge >= 0.3 is 14.0 Å². The monoisotopic (exact) mass is 1280 g/mol. The first-order valence-corrected chi connectivity index (χ1v) is 34.3. The molecule has 0 atom stereocenters. The molecule has 10 nitrogen and oxygen atoms in total. The van der Waals surface area contributed by atoms with Crippen molar-refractivity contribution in [2.75, 3.05) is 14.7 Å². The zero-order chi connectivity index (χ0) is 65.3. The number of nitrogens with zero attached hydrogens (tertiary/aromatic N) is 9. The minimum absolute atomic E-state index is 0.169. The summed E-state index contributed by atoms with van der Waals surface area (Å²) in [4.78, 5) is 7.42. The van der Waals surface area contributed by atoms with E-state index in [1.807, 2.05) is 0 Å². The molecule has 466 valence electrons. The summed E-state index contributed by atoms with van der Waals surface area (Å²) in [5.74, 6) is 4.81. The standard InChI is InChI=1S/C88H57B2N9O/c1-4-20-58(21-5-1)61-37-43-64(44-38-61)96-78-54-67(55-79-87(78)89(91-51-17-34-82(91)96)92-52-18-35-83(92)97(79)65-45-39-62(40-46-65)59-22-6-2-7-23-59)95-75-32-15-12-28-71(75)86-72(29-16-33-77(86)95)76-49-50-84-98(66-47-41-63(42-48-66)60-24-8-3-9-25-60)80-56-68(57-81-88(80)90(99(76)84)93-53-19-36-85(93)100-81)94-73-30-13-10-26-69(73)70-27-11-14-31-74(70)94/h1-57H. The molecule has 22 rings (SSSR count). The van der Waals surface area contributed by atoms with Crippen LogP contribution in [-0.2, 0) is 0 Å². The Balaban J connectivity index is 0.773. The molecule has 0 N–H and O–H groups in total. The minimum atomic E-state index is -0.320. The van der Waals surface area contributed by atoms with Crippen molar-refractivity contribution in [1.82, 2.24) is 27.0 Å². The molecule has 18 aromatic rings. The van der Waals surface area contributed by atoms with Crippen molar-refractivity contribution < 1.29 is 4.74 Å². The SMILES string of the molecule is c1ccc(-c2ccc(N3c4cc(-n5c6ccccc6c6c(-c7ccc8n7B7c9c(cc(-n%10c%11ccccc%11c%11ccccc%11%10)cc9N8c8ccc(-c9ccccc9)cc8)Oc8cccn87)cccc65)cc5c4B(n4cccc43)n3cccc3N5c3ccc(-c4ccccc4)cc3)cc2)cc1. The summed E-state index contributed by atoms with van der Waals surface area (Å²) in [6.07, 6.45) is 6.67. The van der Waals surface area contributed by atoms with Gasteiger partial charge in [0, 0.05) is 66.9 Å². The molecule has 4 aliphatic rings. The van der Waals surface area contributed by atoms with E-state index in [1.165, 1.54) is 49.4 Å². The average molecular weight is 1280 g/mol. The molecule has 4 aliphatic heterocycles. The van der Waals surface area contributed by atoms with Gasteiger partial charge in [0.2, 0.25) is 0 Å². The Bertz CT molecular complexity index is 6140. The molecule has 0 unspecified atom stereocenters. The van der Waals surface area contributed by atoms with Gasteiger partial charge in [-0.1, -0.05) is 194 Å². The van der Waals surface area contributed by atoms with Crippen LogP contribution < -0.4 is 30.4 Å². The molecular weight excluding hydrogens is 1220 g/mol. The zero-order valence-corrected chi connectivity index (χ0v) is 54.0. The third-order valence-corrected chi connectivity index (χ3v) is 21.3. The van der Waals surface area contributed by atoms with E-state index in [-0.39, 0.29) is 14.0 Å². The fourth-order valence-corrected chi connectivity index (χ4v) is 17.1. The molecule has 0 aliphatic carbocycles. The molecular formula is C88H57B2N9O. The molecule has 0 fully saturated rings. The number of rotatable bonds is 9. The van der Waals surface area contributed by atoms with E-state index in [0.29, 0.717) is 0 Å². The first-order valence-electron chi connectivity index (χ1n) is 34.3. The highest BCUT2D eigenvalue weighted by atomic mass is 16.5. The number of anilines is 9. The number of aromatic nitrogens is 6. The molecule has 100 heavy (non-hydrogen) atoms. The second-order valence-corrected chi connectivity index (χ2v) is 26.5. The van der Waals surface area contributed by atoms with Crippen LogP contribution >= 0.6 is 0 Å². The van der Waals surface area contributed by atoms with Crippen LogP contribution in [0.15, 0.2) is 346 Å². The van der Waals surface area contributed by atoms with Crippen molar-refractivity contribution in [3.8, 4) is 67.6 Å². The minimum Gasteiger partial charge on any atom is -0.442 e. The summed E-state index contributed by atoms with van der Waals surface area (Å²) in [5.41, 5.74) is 24.6. The van der Waals surface area contributed by atoms with Crippen molar-refractivity contribution in [3.05, 3.63) is 346 Å². The van der Waals surface area contributed by atoms with Gasteiger partial charge in [0.05, 0.1) is 50.5 Å². The van der Waals surface area contributed by atoms with Crippen molar-refractivity contribution >= 4 is 120 Å². The van der Waals surface area contributed by atoms with Crippen LogP contribution in [0.25, 0.3) is 99.6 Å². The lowest BCUT2D eigenvalue weighted by Crippen LogP contribution is -2.55. The maximum atomic E-state index is 7.22.